The second-order valence-corrected chi connectivity index (χ2v) is 7.51. The van der Waals surface area contributed by atoms with Crippen LogP contribution in [0.1, 0.15) is 45.4 Å². The van der Waals surface area contributed by atoms with E-state index in [9.17, 15) is 4.79 Å². The lowest BCUT2D eigenvalue weighted by Crippen LogP contribution is -2.43. The molecule has 0 spiro atoms. The lowest BCUT2D eigenvalue weighted by molar-refractivity contribution is -0.122. The Morgan fingerprint density at radius 1 is 1.41 bits per heavy atom. The van der Waals surface area contributed by atoms with Gasteiger partial charge in [0.2, 0.25) is 5.91 Å². The lowest BCUT2D eigenvalue weighted by Gasteiger charge is -2.30. The average Bonchev–Trinajstić information content (AvgIpc) is 2.96. The molecule has 2 N–H and O–H groups in total. The molecule has 1 heterocycles. The average molecular weight is 351 g/mol. The van der Waals surface area contributed by atoms with Crippen LogP contribution in [0.25, 0.3) is 0 Å². The Hall–Kier alpha value is 0.0300. The Morgan fingerprint density at radius 3 is 2.82 bits per heavy atom. The maximum Gasteiger partial charge on any atom is 0.221 e. The zero-order valence-electron chi connectivity index (χ0n) is 13.7. The molecule has 0 aromatic rings. The fourth-order valence-corrected chi connectivity index (χ4v) is 4.36. The Morgan fingerprint density at radius 2 is 2.18 bits per heavy atom. The van der Waals surface area contributed by atoms with Crippen LogP contribution in [-0.2, 0) is 9.53 Å². The SMILES string of the molecule is CCOCCC1(CNC(=O)CC2CSCCN2)CCCC1.Cl. The van der Waals surface area contributed by atoms with Crippen molar-refractivity contribution in [3.63, 3.8) is 0 Å². The summed E-state index contributed by atoms with van der Waals surface area (Å²) in [7, 11) is 0. The number of thioether (sulfide) groups is 1. The second-order valence-electron chi connectivity index (χ2n) is 6.36. The van der Waals surface area contributed by atoms with E-state index < -0.39 is 0 Å². The summed E-state index contributed by atoms with van der Waals surface area (Å²) in [5.74, 6) is 2.43. The van der Waals surface area contributed by atoms with Gasteiger partial charge in [-0.15, -0.1) is 12.4 Å². The highest BCUT2D eigenvalue weighted by Crippen LogP contribution is 2.40. The van der Waals surface area contributed by atoms with E-state index in [-0.39, 0.29) is 18.3 Å². The summed E-state index contributed by atoms with van der Waals surface area (Å²) in [4.78, 5) is 12.1. The van der Waals surface area contributed by atoms with Crippen LogP contribution >= 0.6 is 24.2 Å². The molecule has 1 saturated carbocycles. The highest BCUT2D eigenvalue weighted by Gasteiger charge is 2.33. The fraction of sp³-hybridized carbons (Fsp3) is 0.938. The zero-order chi connectivity index (χ0) is 15.0. The van der Waals surface area contributed by atoms with E-state index in [0.717, 1.165) is 38.5 Å². The lowest BCUT2D eigenvalue weighted by atomic mass is 9.83. The first-order chi connectivity index (χ1) is 10.2. The number of halogens is 1. The van der Waals surface area contributed by atoms with E-state index in [1.54, 1.807) is 0 Å². The summed E-state index contributed by atoms with van der Waals surface area (Å²) in [6.45, 7) is 5.51. The van der Waals surface area contributed by atoms with E-state index in [1.807, 2.05) is 18.7 Å². The van der Waals surface area contributed by atoms with Gasteiger partial charge in [0.05, 0.1) is 0 Å². The minimum atomic E-state index is 0. The molecule has 1 atom stereocenters. The Labute approximate surface area is 145 Å². The predicted molar refractivity (Wildman–Crippen MR) is 96.0 cm³/mol. The number of amides is 1. The molecule has 1 unspecified atom stereocenters. The quantitative estimate of drug-likeness (QED) is 0.661. The Bertz CT molecular complexity index is 319. The molecule has 2 fully saturated rings. The molecule has 2 rings (SSSR count). The first kappa shape index (κ1) is 20.1. The first-order valence-electron chi connectivity index (χ1n) is 8.40. The third-order valence-corrected chi connectivity index (χ3v) is 5.87. The minimum absolute atomic E-state index is 0. The molecule has 0 aromatic carbocycles. The predicted octanol–water partition coefficient (Wildman–Crippen LogP) is 2.61. The van der Waals surface area contributed by atoms with Crippen LogP contribution in [0.15, 0.2) is 0 Å². The number of hydrogen-bond donors (Lipinski definition) is 2. The molecule has 1 aliphatic heterocycles. The second kappa shape index (κ2) is 10.7. The van der Waals surface area contributed by atoms with Gasteiger partial charge < -0.3 is 15.4 Å². The molecular weight excluding hydrogens is 320 g/mol. The summed E-state index contributed by atoms with van der Waals surface area (Å²) in [6, 6.07) is 0.353. The van der Waals surface area contributed by atoms with Gasteiger partial charge in [-0.25, -0.2) is 0 Å². The van der Waals surface area contributed by atoms with Gasteiger partial charge in [0.25, 0.3) is 0 Å². The molecule has 0 aromatic heterocycles. The molecule has 130 valence electrons. The van der Waals surface area contributed by atoms with Crippen LogP contribution in [0.4, 0.5) is 0 Å². The Balaban J connectivity index is 0.00000242. The van der Waals surface area contributed by atoms with E-state index in [1.165, 1.54) is 31.4 Å². The van der Waals surface area contributed by atoms with Crippen LogP contribution in [0.5, 0.6) is 0 Å². The van der Waals surface area contributed by atoms with Crippen LogP contribution in [-0.4, -0.2) is 49.8 Å². The van der Waals surface area contributed by atoms with Crippen molar-refractivity contribution >= 4 is 30.1 Å². The Kier molecular flexibility index (Phi) is 9.80. The summed E-state index contributed by atoms with van der Waals surface area (Å²) < 4.78 is 5.52. The summed E-state index contributed by atoms with van der Waals surface area (Å²) >= 11 is 1.94. The highest BCUT2D eigenvalue weighted by atomic mass is 35.5. The van der Waals surface area contributed by atoms with Crippen molar-refractivity contribution < 1.29 is 9.53 Å². The number of nitrogens with one attached hydrogen (secondary N) is 2. The number of carbonyl (C=O) groups is 1. The monoisotopic (exact) mass is 350 g/mol. The van der Waals surface area contributed by atoms with Crippen LogP contribution in [0.3, 0.4) is 0 Å². The summed E-state index contributed by atoms with van der Waals surface area (Å²) in [5.41, 5.74) is 0.291. The van der Waals surface area contributed by atoms with Gasteiger partial charge in [0.1, 0.15) is 0 Å². The highest BCUT2D eigenvalue weighted by molar-refractivity contribution is 7.99. The van der Waals surface area contributed by atoms with Crippen LogP contribution in [0, 0.1) is 5.41 Å². The van der Waals surface area contributed by atoms with Crippen LogP contribution < -0.4 is 10.6 Å². The molecule has 2 aliphatic rings. The van der Waals surface area contributed by atoms with Gasteiger partial charge in [-0.3, -0.25) is 4.79 Å². The van der Waals surface area contributed by atoms with Crippen molar-refractivity contribution in [2.75, 3.05) is 37.8 Å². The molecule has 1 saturated heterocycles. The molecule has 1 amide bonds. The smallest absolute Gasteiger partial charge is 0.221 e. The maximum absolute atomic E-state index is 12.1. The number of carbonyl (C=O) groups excluding carboxylic acids is 1. The normalized spacial score (nSPS) is 23.8. The number of rotatable bonds is 8. The van der Waals surface area contributed by atoms with Crippen LogP contribution in [0.2, 0.25) is 0 Å². The van der Waals surface area contributed by atoms with Gasteiger partial charge in [0.15, 0.2) is 0 Å². The zero-order valence-corrected chi connectivity index (χ0v) is 15.3. The molecular formula is C16H31ClN2O2S. The van der Waals surface area contributed by atoms with E-state index in [4.69, 9.17) is 4.74 Å². The molecule has 6 heteroatoms. The van der Waals surface area contributed by atoms with E-state index >= 15 is 0 Å². The molecule has 0 radical (unpaired) electrons. The van der Waals surface area contributed by atoms with Crippen molar-refractivity contribution in [3.8, 4) is 0 Å². The fourth-order valence-electron chi connectivity index (χ4n) is 3.41. The van der Waals surface area contributed by atoms with Gasteiger partial charge in [-0.05, 0) is 31.6 Å². The van der Waals surface area contributed by atoms with E-state index in [0.29, 0.717) is 17.9 Å². The summed E-state index contributed by atoms with van der Waals surface area (Å²) in [5, 5.41) is 6.62. The van der Waals surface area contributed by atoms with Gasteiger partial charge in [-0.1, -0.05) is 12.8 Å². The topological polar surface area (TPSA) is 50.4 Å². The third-order valence-electron chi connectivity index (χ3n) is 4.74. The molecule has 0 bridgehead atoms. The maximum atomic E-state index is 12.1. The minimum Gasteiger partial charge on any atom is -0.382 e. The number of ether oxygens (including phenoxy) is 1. The largest absolute Gasteiger partial charge is 0.382 e. The van der Waals surface area contributed by atoms with Crippen molar-refractivity contribution in [2.45, 2.75) is 51.5 Å². The van der Waals surface area contributed by atoms with Crippen molar-refractivity contribution in [1.29, 1.82) is 0 Å². The van der Waals surface area contributed by atoms with E-state index in [2.05, 4.69) is 10.6 Å². The first-order valence-corrected chi connectivity index (χ1v) is 9.55. The van der Waals surface area contributed by atoms with Gasteiger partial charge in [-0.2, -0.15) is 11.8 Å². The molecule has 4 nitrogen and oxygen atoms in total. The third kappa shape index (κ3) is 6.65. The van der Waals surface area contributed by atoms with Crippen molar-refractivity contribution in [2.24, 2.45) is 5.41 Å². The van der Waals surface area contributed by atoms with Gasteiger partial charge in [0, 0.05) is 50.3 Å². The molecule has 22 heavy (non-hydrogen) atoms. The molecule has 1 aliphatic carbocycles. The summed E-state index contributed by atoms with van der Waals surface area (Å²) in [6.07, 6.45) is 6.76. The number of hydrogen-bond acceptors (Lipinski definition) is 4. The van der Waals surface area contributed by atoms with Crippen molar-refractivity contribution in [3.05, 3.63) is 0 Å². The standard InChI is InChI=1S/C16H30N2O2S.ClH/c1-2-20-9-7-16(5-3-4-6-16)13-18-15(19)11-14-12-21-10-8-17-14;/h14,17H,2-13H2,1H3,(H,18,19);1H. The van der Waals surface area contributed by atoms with Crippen molar-refractivity contribution in [1.82, 2.24) is 10.6 Å². The van der Waals surface area contributed by atoms with Gasteiger partial charge >= 0.3 is 0 Å².